The Kier molecular flexibility index (Phi) is 4.54. The summed E-state index contributed by atoms with van der Waals surface area (Å²) >= 11 is 0. The number of carbonyl (C=O) groups is 2. The lowest BCUT2D eigenvalue weighted by atomic mass is 9.93. The second kappa shape index (κ2) is 6.17. The second-order valence-electron chi connectivity index (χ2n) is 5.31. The number of amides is 1. The van der Waals surface area contributed by atoms with Gasteiger partial charge in [-0.25, -0.2) is 0 Å². The van der Waals surface area contributed by atoms with Gasteiger partial charge in [0.15, 0.2) is 0 Å². The first-order valence-corrected chi connectivity index (χ1v) is 7.07. The van der Waals surface area contributed by atoms with Crippen molar-refractivity contribution >= 4 is 11.7 Å². The molecule has 1 N–H and O–H groups in total. The molecule has 1 aromatic rings. The topological polar surface area (TPSA) is 75.4 Å². The monoisotopic (exact) mass is 279 g/mol. The highest BCUT2D eigenvalue weighted by molar-refractivity contribution is 6.42. The van der Waals surface area contributed by atoms with Crippen LogP contribution in [0.4, 0.5) is 0 Å². The number of hydrogen-bond donors (Lipinski definition) is 1. The maximum atomic E-state index is 12.2. The predicted molar refractivity (Wildman–Crippen MR) is 73.2 cm³/mol. The van der Waals surface area contributed by atoms with Crippen molar-refractivity contribution in [3.8, 4) is 0 Å². The average Bonchev–Trinajstić information content (AvgIpc) is 2.94. The van der Waals surface area contributed by atoms with Gasteiger partial charge in [0.25, 0.3) is 11.7 Å². The third-order valence-electron chi connectivity index (χ3n) is 3.84. The molecular weight excluding hydrogens is 258 g/mol. The minimum absolute atomic E-state index is 0.0545. The minimum Gasteiger partial charge on any atom is -0.393 e. The fraction of sp³-hybridized carbons (Fsp3) is 0.643. The number of piperidine rings is 1. The maximum Gasteiger partial charge on any atom is 0.295 e. The molecule has 2 atom stereocenters. The molecule has 110 valence electrons. The highest BCUT2D eigenvalue weighted by Gasteiger charge is 2.30. The van der Waals surface area contributed by atoms with Crippen molar-refractivity contribution in [2.24, 2.45) is 5.92 Å². The fourth-order valence-corrected chi connectivity index (χ4v) is 2.51. The zero-order valence-electron chi connectivity index (χ0n) is 12.0. The van der Waals surface area contributed by atoms with E-state index in [4.69, 9.17) is 0 Å². The first-order chi connectivity index (χ1) is 9.52. The minimum atomic E-state index is -0.518. The van der Waals surface area contributed by atoms with Gasteiger partial charge < -0.3 is 10.0 Å². The number of aryl methyl sites for hydroxylation is 1. The molecule has 1 fully saturated rings. The number of aliphatic hydroxyl groups is 1. The largest absolute Gasteiger partial charge is 0.393 e. The van der Waals surface area contributed by atoms with Gasteiger partial charge >= 0.3 is 0 Å². The molecule has 0 saturated carbocycles. The Morgan fingerprint density at radius 3 is 2.90 bits per heavy atom. The van der Waals surface area contributed by atoms with Crippen molar-refractivity contribution in [3.63, 3.8) is 0 Å². The Morgan fingerprint density at radius 1 is 1.55 bits per heavy atom. The van der Waals surface area contributed by atoms with Crippen LogP contribution >= 0.6 is 0 Å². The van der Waals surface area contributed by atoms with E-state index in [2.05, 4.69) is 5.10 Å². The van der Waals surface area contributed by atoms with Gasteiger partial charge in [-0.1, -0.05) is 0 Å². The number of ketones is 1. The molecule has 6 heteroatoms. The van der Waals surface area contributed by atoms with E-state index in [-0.39, 0.29) is 5.92 Å². The molecule has 0 spiro atoms. The lowest BCUT2D eigenvalue weighted by Gasteiger charge is -2.33. The SMILES string of the molecule is CCn1cc(C(=O)C(=O)N2CCCC(C(C)O)C2)cn1. The number of Topliss-reactive ketones (excluding diaryl/α,β-unsaturated/α-hetero) is 1. The van der Waals surface area contributed by atoms with Crippen LogP contribution in [0.1, 0.15) is 37.0 Å². The second-order valence-corrected chi connectivity index (χ2v) is 5.31. The van der Waals surface area contributed by atoms with Crippen LogP contribution in [-0.2, 0) is 11.3 Å². The standard InChI is InChI=1S/C14H21N3O3/c1-3-17-9-12(7-15-17)13(19)14(20)16-6-4-5-11(8-16)10(2)18/h7,9-11,18H,3-6,8H2,1-2H3. The van der Waals surface area contributed by atoms with E-state index in [0.717, 1.165) is 12.8 Å². The number of carbonyl (C=O) groups excluding carboxylic acids is 2. The van der Waals surface area contributed by atoms with E-state index in [0.29, 0.717) is 25.2 Å². The Hall–Kier alpha value is -1.69. The number of nitrogens with zero attached hydrogens (tertiary/aromatic N) is 3. The number of aliphatic hydroxyl groups excluding tert-OH is 1. The summed E-state index contributed by atoms with van der Waals surface area (Å²) in [7, 11) is 0. The molecule has 2 unspecified atom stereocenters. The van der Waals surface area contributed by atoms with Gasteiger partial charge in [0.05, 0.1) is 17.9 Å². The van der Waals surface area contributed by atoms with Crippen LogP contribution < -0.4 is 0 Å². The van der Waals surface area contributed by atoms with Crippen molar-refractivity contribution in [2.45, 2.75) is 39.3 Å². The first-order valence-electron chi connectivity index (χ1n) is 7.07. The molecule has 0 aliphatic carbocycles. The van der Waals surface area contributed by atoms with Crippen LogP contribution in [0.15, 0.2) is 12.4 Å². The molecular formula is C14H21N3O3. The molecule has 0 aromatic carbocycles. The molecule has 6 nitrogen and oxygen atoms in total. The van der Waals surface area contributed by atoms with E-state index in [1.807, 2.05) is 6.92 Å². The number of aromatic nitrogens is 2. The van der Waals surface area contributed by atoms with Crippen molar-refractivity contribution in [2.75, 3.05) is 13.1 Å². The van der Waals surface area contributed by atoms with Crippen LogP contribution in [0.2, 0.25) is 0 Å². The Morgan fingerprint density at radius 2 is 2.30 bits per heavy atom. The quantitative estimate of drug-likeness (QED) is 0.650. The molecule has 0 radical (unpaired) electrons. The maximum absolute atomic E-state index is 12.2. The Balaban J connectivity index is 2.04. The van der Waals surface area contributed by atoms with Crippen molar-refractivity contribution < 1.29 is 14.7 Å². The zero-order chi connectivity index (χ0) is 14.7. The highest BCUT2D eigenvalue weighted by atomic mass is 16.3. The summed E-state index contributed by atoms with van der Waals surface area (Å²) < 4.78 is 1.62. The van der Waals surface area contributed by atoms with Crippen LogP contribution in [0.3, 0.4) is 0 Å². The lowest BCUT2D eigenvalue weighted by molar-refractivity contribution is -0.128. The van der Waals surface area contributed by atoms with E-state index in [1.54, 1.807) is 22.7 Å². The molecule has 1 aliphatic rings. The first kappa shape index (κ1) is 14.7. The Bertz CT molecular complexity index is 496. The van der Waals surface area contributed by atoms with Gasteiger partial charge in [0.2, 0.25) is 0 Å². The van der Waals surface area contributed by atoms with Gasteiger partial charge in [0, 0.05) is 31.7 Å². The van der Waals surface area contributed by atoms with Crippen molar-refractivity contribution in [3.05, 3.63) is 18.0 Å². The van der Waals surface area contributed by atoms with E-state index in [1.165, 1.54) is 6.20 Å². The van der Waals surface area contributed by atoms with Crippen molar-refractivity contribution in [1.82, 2.24) is 14.7 Å². The van der Waals surface area contributed by atoms with Crippen LogP contribution in [0.5, 0.6) is 0 Å². The third-order valence-corrected chi connectivity index (χ3v) is 3.84. The predicted octanol–water partition coefficient (Wildman–Crippen LogP) is 0.705. The van der Waals surface area contributed by atoms with Crippen LogP contribution in [0, 0.1) is 5.92 Å². The Labute approximate surface area is 118 Å². The molecule has 1 amide bonds. The molecule has 2 rings (SSSR count). The number of hydrogen-bond acceptors (Lipinski definition) is 4. The fourth-order valence-electron chi connectivity index (χ4n) is 2.51. The molecule has 1 saturated heterocycles. The van der Waals surface area contributed by atoms with E-state index >= 15 is 0 Å². The lowest BCUT2D eigenvalue weighted by Crippen LogP contribution is -2.45. The summed E-state index contributed by atoms with van der Waals surface area (Å²) in [5, 5.41) is 13.6. The highest BCUT2D eigenvalue weighted by Crippen LogP contribution is 2.20. The molecule has 1 aliphatic heterocycles. The molecule has 1 aromatic heterocycles. The summed E-state index contributed by atoms with van der Waals surface area (Å²) in [6.45, 7) is 5.34. The van der Waals surface area contributed by atoms with E-state index < -0.39 is 17.8 Å². The summed E-state index contributed by atoms with van der Waals surface area (Å²) in [6.07, 6.45) is 4.28. The van der Waals surface area contributed by atoms with Crippen molar-refractivity contribution in [1.29, 1.82) is 0 Å². The summed E-state index contributed by atoms with van der Waals surface area (Å²) in [5.41, 5.74) is 0.330. The summed E-state index contributed by atoms with van der Waals surface area (Å²) in [6, 6.07) is 0. The smallest absolute Gasteiger partial charge is 0.295 e. The van der Waals surface area contributed by atoms with Gasteiger partial charge in [-0.2, -0.15) is 5.10 Å². The summed E-state index contributed by atoms with van der Waals surface area (Å²) in [5.74, 6) is -0.958. The molecule has 0 bridgehead atoms. The molecule has 2 heterocycles. The van der Waals surface area contributed by atoms with Crippen LogP contribution in [-0.4, -0.2) is 50.7 Å². The molecule has 20 heavy (non-hydrogen) atoms. The average molecular weight is 279 g/mol. The zero-order valence-corrected chi connectivity index (χ0v) is 12.0. The number of likely N-dealkylation sites (tertiary alicyclic amines) is 1. The van der Waals surface area contributed by atoms with Gasteiger partial charge in [-0.15, -0.1) is 0 Å². The summed E-state index contributed by atoms with van der Waals surface area (Å²) in [4.78, 5) is 25.9. The third kappa shape index (κ3) is 3.07. The van der Waals surface area contributed by atoms with Gasteiger partial charge in [-0.3, -0.25) is 14.3 Å². The van der Waals surface area contributed by atoms with E-state index in [9.17, 15) is 14.7 Å². The van der Waals surface area contributed by atoms with Gasteiger partial charge in [0.1, 0.15) is 0 Å². The number of rotatable bonds is 4. The normalized spacial score (nSPS) is 20.8. The van der Waals surface area contributed by atoms with Gasteiger partial charge in [-0.05, 0) is 26.7 Å². The van der Waals surface area contributed by atoms with Crippen LogP contribution in [0.25, 0.3) is 0 Å².